The number of hydrogen-bond donors (Lipinski definition) is 0. The maximum atomic E-state index is 12.2. The van der Waals surface area contributed by atoms with Gasteiger partial charge >= 0.3 is 0 Å². The number of aryl methyl sites for hydroxylation is 2. The SMILES string of the molecule is Cc1nc(C)c(-c2nc(CC(=O)N3CCS(=O)(=O)CC3)no2)s1. The van der Waals surface area contributed by atoms with E-state index in [1.807, 2.05) is 13.8 Å². The van der Waals surface area contributed by atoms with Crippen LogP contribution in [0.2, 0.25) is 0 Å². The van der Waals surface area contributed by atoms with E-state index < -0.39 is 9.84 Å². The summed E-state index contributed by atoms with van der Waals surface area (Å²) in [6.07, 6.45) is 0.000378. The number of rotatable bonds is 3. The highest BCUT2D eigenvalue weighted by molar-refractivity contribution is 7.91. The van der Waals surface area contributed by atoms with Crippen LogP contribution >= 0.6 is 11.3 Å². The van der Waals surface area contributed by atoms with E-state index in [1.54, 1.807) is 0 Å². The lowest BCUT2D eigenvalue weighted by Gasteiger charge is -2.26. The van der Waals surface area contributed by atoms with Crippen molar-refractivity contribution in [2.24, 2.45) is 0 Å². The summed E-state index contributed by atoms with van der Waals surface area (Å²) < 4.78 is 28.0. The van der Waals surface area contributed by atoms with Gasteiger partial charge in [-0.25, -0.2) is 13.4 Å². The molecule has 3 rings (SSSR count). The number of nitrogens with zero attached hydrogens (tertiary/aromatic N) is 4. The van der Waals surface area contributed by atoms with Crippen molar-refractivity contribution < 1.29 is 17.7 Å². The normalized spacial score (nSPS) is 17.4. The van der Waals surface area contributed by atoms with Crippen molar-refractivity contribution in [3.05, 3.63) is 16.5 Å². The molecule has 1 aliphatic heterocycles. The van der Waals surface area contributed by atoms with Crippen LogP contribution in [0.25, 0.3) is 10.8 Å². The monoisotopic (exact) mass is 356 g/mol. The number of sulfone groups is 1. The zero-order chi connectivity index (χ0) is 16.6. The van der Waals surface area contributed by atoms with Gasteiger partial charge in [0.15, 0.2) is 15.7 Å². The van der Waals surface area contributed by atoms with Gasteiger partial charge in [0.25, 0.3) is 5.89 Å². The first-order chi connectivity index (χ1) is 10.8. The summed E-state index contributed by atoms with van der Waals surface area (Å²) in [5.41, 5.74) is 0.815. The zero-order valence-corrected chi connectivity index (χ0v) is 14.4. The molecule has 124 valence electrons. The molecule has 1 fully saturated rings. The highest BCUT2D eigenvalue weighted by atomic mass is 32.2. The molecule has 2 aromatic rings. The zero-order valence-electron chi connectivity index (χ0n) is 12.8. The van der Waals surface area contributed by atoms with Gasteiger partial charge in [0, 0.05) is 13.1 Å². The van der Waals surface area contributed by atoms with Gasteiger partial charge in [-0.05, 0) is 13.8 Å². The van der Waals surface area contributed by atoms with E-state index in [2.05, 4.69) is 15.1 Å². The molecule has 0 unspecified atom stereocenters. The van der Waals surface area contributed by atoms with Crippen molar-refractivity contribution in [2.75, 3.05) is 24.6 Å². The third kappa shape index (κ3) is 3.58. The molecular formula is C13H16N4O4S2. The van der Waals surface area contributed by atoms with Crippen LogP contribution in [0.4, 0.5) is 0 Å². The molecular weight excluding hydrogens is 340 g/mol. The predicted octanol–water partition coefficient (Wildman–Crippen LogP) is 0.609. The topological polar surface area (TPSA) is 106 Å². The van der Waals surface area contributed by atoms with E-state index in [4.69, 9.17) is 4.52 Å². The van der Waals surface area contributed by atoms with E-state index in [-0.39, 0.29) is 36.9 Å². The Balaban J connectivity index is 1.67. The van der Waals surface area contributed by atoms with E-state index >= 15 is 0 Å². The minimum Gasteiger partial charge on any atom is -0.340 e. The fourth-order valence-corrected chi connectivity index (χ4v) is 4.40. The van der Waals surface area contributed by atoms with Crippen LogP contribution < -0.4 is 0 Å². The number of carbonyl (C=O) groups is 1. The Morgan fingerprint density at radius 1 is 1.26 bits per heavy atom. The van der Waals surface area contributed by atoms with Gasteiger partial charge in [-0.15, -0.1) is 11.3 Å². The van der Waals surface area contributed by atoms with E-state index in [9.17, 15) is 13.2 Å². The van der Waals surface area contributed by atoms with Crippen molar-refractivity contribution in [3.63, 3.8) is 0 Å². The van der Waals surface area contributed by atoms with Crippen molar-refractivity contribution in [1.82, 2.24) is 20.0 Å². The first kappa shape index (κ1) is 16.1. The highest BCUT2D eigenvalue weighted by Crippen LogP contribution is 2.28. The Morgan fingerprint density at radius 2 is 1.96 bits per heavy atom. The third-order valence-corrected chi connectivity index (χ3v) is 6.24. The Kier molecular flexibility index (Phi) is 4.19. The van der Waals surface area contributed by atoms with Crippen LogP contribution in [0.3, 0.4) is 0 Å². The number of hydrogen-bond acceptors (Lipinski definition) is 8. The lowest BCUT2D eigenvalue weighted by Crippen LogP contribution is -2.44. The summed E-state index contributed by atoms with van der Waals surface area (Å²) in [4.78, 5) is 23.1. The fraction of sp³-hybridized carbons (Fsp3) is 0.538. The lowest BCUT2D eigenvalue weighted by molar-refractivity contribution is -0.130. The summed E-state index contributed by atoms with van der Waals surface area (Å²) in [6.45, 7) is 4.20. The van der Waals surface area contributed by atoms with Crippen LogP contribution in [-0.2, 0) is 21.1 Å². The van der Waals surface area contributed by atoms with Crippen LogP contribution in [0, 0.1) is 13.8 Å². The van der Waals surface area contributed by atoms with Crippen LogP contribution in [0.15, 0.2) is 4.52 Å². The minimum absolute atomic E-state index is 0.000378. The fourth-order valence-electron chi connectivity index (χ4n) is 2.36. The standard InChI is InChI=1S/C13H16N4O4S2/c1-8-12(22-9(2)14-8)13-15-10(16-21-13)7-11(18)17-3-5-23(19,20)6-4-17/h3-7H2,1-2H3. The molecule has 0 N–H and O–H groups in total. The summed E-state index contributed by atoms with van der Waals surface area (Å²) in [5, 5.41) is 4.74. The molecule has 0 aliphatic carbocycles. The largest absolute Gasteiger partial charge is 0.340 e. The Morgan fingerprint density at radius 3 is 2.57 bits per heavy atom. The predicted molar refractivity (Wildman–Crippen MR) is 83.8 cm³/mol. The average molecular weight is 356 g/mol. The number of aromatic nitrogens is 3. The first-order valence-corrected chi connectivity index (χ1v) is 9.73. The smallest absolute Gasteiger partial charge is 0.269 e. The molecule has 0 saturated carbocycles. The van der Waals surface area contributed by atoms with Gasteiger partial charge in [-0.2, -0.15) is 4.98 Å². The van der Waals surface area contributed by atoms with Gasteiger partial charge in [0.2, 0.25) is 5.91 Å². The van der Waals surface area contributed by atoms with Gasteiger partial charge in [-0.3, -0.25) is 4.79 Å². The maximum Gasteiger partial charge on any atom is 0.269 e. The molecule has 8 nitrogen and oxygen atoms in total. The molecule has 1 aliphatic rings. The molecule has 1 saturated heterocycles. The molecule has 23 heavy (non-hydrogen) atoms. The van der Waals surface area contributed by atoms with Gasteiger partial charge in [-0.1, -0.05) is 5.16 Å². The van der Waals surface area contributed by atoms with E-state index in [1.165, 1.54) is 16.2 Å². The molecule has 2 aromatic heterocycles. The Hall–Kier alpha value is -1.81. The molecule has 10 heteroatoms. The second kappa shape index (κ2) is 6.00. The van der Waals surface area contributed by atoms with E-state index in [0.717, 1.165) is 15.6 Å². The minimum atomic E-state index is -3.01. The summed E-state index contributed by atoms with van der Waals surface area (Å²) in [6, 6.07) is 0. The molecule has 0 radical (unpaired) electrons. The molecule has 0 spiro atoms. The van der Waals surface area contributed by atoms with Gasteiger partial charge < -0.3 is 9.42 Å². The highest BCUT2D eigenvalue weighted by Gasteiger charge is 2.26. The Bertz CT molecular complexity index is 826. The summed E-state index contributed by atoms with van der Waals surface area (Å²) >= 11 is 1.46. The van der Waals surface area contributed by atoms with Crippen molar-refractivity contribution in [1.29, 1.82) is 0 Å². The van der Waals surface area contributed by atoms with Crippen LogP contribution in [0.1, 0.15) is 16.5 Å². The maximum absolute atomic E-state index is 12.2. The average Bonchev–Trinajstić information content (AvgIpc) is 3.05. The second-order valence-corrected chi connectivity index (χ2v) is 8.88. The summed E-state index contributed by atoms with van der Waals surface area (Å²) in [5.74, 6) is 0.482. The van der Waals surface area contributed by atoms with Gasteiger partial charge in [0.1, 0.15) is 4.88 Å². The molecule has 0 bridgehead atoms. The number of thiazole rings is 1. The number of carbonyl (C=O) groups excluding carboxylic acids is 1. The number of amides is 1. The van der Waals surface area contributed by atoms with Crippen LogP contribution in [0.5, 0.6) is 0 Å². The van der Waals surface area contributed by atoms with Crippen LogP contribution in [-0.4, -0.2) is 58.9 Å². The quantitative estimate of drug-likeness (QED) is 0.793. The third-order valence-electron chi connectivity index (χ3n) is 3.57. The van der Waals surface area contributed by atoms with Crippen molar-refractivity contribution in [3.8, 4) is 10.8 Å². The molecule has 0 atom stereocenters. The van der Waals surface area contributed by atoms with Gasteiger partial charge in [0.05, 0.1) is 28.6 Å². The Labute approximate surface area is 137 Å². The summed E-state index contributed by atoms with van der Waals surface area (Å²) in [7, 11) is -3.01. The first-order valence-electron chi connectivity index (χ1n) is 7.09. The van der Waals surface area contributed by atoms with E-state index in [0.29, 0.717) is 11.7 Å². The molecule has 3 heterocycles. The van der Waals surface area contributed by atoms with Crippen molar-refractivity contribution >= 4 is 27.1 Å². The van der Waals surface area contributed by atoms with Crippen molar-refractivity contribution in [2.45, 2.75) is 20.3 Å². The molecule has 1 amide bonds. The molecule has 0 aromatic carbocycles. The second-order valence-electron chi connectivity index (χ2n) is 5.37. The lowest BCUT2D eigenvalue weighted by atomic mass is 10.3.